The number of ether oxygens (including phenoxy) is 2. The van der Waals surface area contributed by atoms with Gasteiger partial charge in [-0.2, -0.15) is 0 Å². The first kappa shape index (κ1) is 23.9. The summed E-state index contributed by atoms with van der Waals surface area (Å²) in [6, 6.07) is 20.8. The van der Waals surface area contributed by atoms with Gasteiger partial charge in [-0.15, -0.1) is 11.8 Å². The van der Waals surface area contributed by atoms with Crippen molar-refractivity contribution < 1.29 is 14.3 Å². The van der Waals surface area contributed by atoms with E-state index in [0.717, 1.165) is 38.5 Å². The Morgan fingerprint density at radius 2 is 1.77 bits per heavy atom. The Morgan fingerprint density at radius 3 is 2.60 bits per heavy atom. The number of pyridine rings is 1. The molecular weight excluding hydrogens is 458 g/mol. The highest BCUT2D eigenvalue weighted by Crippen LogP contribution is 2.41. The Balaban J connectivity index is 1.20. The van der Waals surface area contributed by atoms with Gasteiger partial charge in [0.2, 0.25) is 0 Å². The maximum absolute atomic E-state index is 12.3. The van der Waals surface area contributed by atoms with Crippen LogP contribution in [0, 0.1) is 0 Å². The van der Waals surface area contributed by atoms with E-state index in [2.05, 4.69) is 63.3 Å². The van der Waals surface area contributed by atoms with Gasteiger partial charge in [0.05, 0.1) is 13.2 Å². The Hall–Kier alpha value is -2.87. The summed E-state index contributed by atoms with van der Waals surface area (Å²) in [6.45, 7) is 7.13. The number of rotatable bonds is 7. The lowest BCUT2D eigenvalue weighted by Gasteiger charge is -2.36. The number of aromatic nitrogens is 1. The van der Waals surface area contributed by atoms with Crippen molar-refractivity contribution in [2.75, 3.05) is 50.8 Å². The highest BCUT2D eigenvalue weighted by Gasteiger charge is 2.26. The van der Waals surface area contributed by atoms with Gasteiger partial charge < -0.3 is 14.4 Å². The second-order valence-electron chi connectivity index (χ2n) is 8.70. The molecule has 1 saturated heterocycles. The number of benzene rings is 2. The number of nitrogens with zero attached hydrogens (tertiary/aromatic N) is 3. The van der Waals surface area contributed by atoms with Crippen molar-refractivity contribution in [3.8, 4) is 0 Å². The number of carbonyl (C=O) groups excluding carboxylic acids is 1. The highest BCUT2D eigenvalue weighted by molar-refractivity contribution is 7.98. The van der Waals surface area contributed by atoms with Crippen LogP contribution in [-0.4, -0.2) is 61.8 Å². The van der Waals surface area contributed by atoms with E-state index in [9.17, 15) is 4.79 Å². The molecule has 0 radical (unpaired) electrons. The van der Waals surface area contributed by atoms with Gasteiger partial charge in [-0.05, 0) is 41.8 Å². The van der Waals surface area contributed by atoms with Crippen molar-refractivity contribution in [3.05, 3.63) is 89.1 Å². The van der Waals surface area contributed by atoms with Crippen LogP contribution in [0.4, 0.5) is 5.82 Å². The van der Waals surface area contributed by atoms with Gasteiger partial charge in [0.25, 0.3) is 0 Å². The fourth-order valence-electron chi connectivity index (χ4n) is 4.75. The van der Waals surface area contributed by atoms with Crippen molar-refractivity contribution >= 4 is 23.5 Å². The largest absolute Gasteiger partial charge is 0.462 e. The van der Waals surface area contributed by atoms with Gasteiger partial charge in [-0.3, -0.25) is 4.90 Å². The van der Waals surface area contributed by atoms with Crippen molar-refractivity contribution in [2.45, 2.75) is 23.7 Å². The first-order valence-electron chi connectivity index (χ1n) is 12.2. The summed E-state index contributed by atoms with van der Waals surface area (Å²) >= 11 is 1.89. The lowest BCUT2D eigenvalue weighted by atomic mass is 9.97. The summed E-state index contributed by atoms with van der Waals surface area (Å²) < 4.78 is 11.8. The zero-order valence-corrected chi connectivity index (χ0v) is 20.9. The average molecular weight is 490 g/mol. The Morgan fingerprint density at radius 1 is 1.00 bits per heavy atom. The number of hydrogen-bond acceptors (Lipinski definition) is 7. The predicted octanol–water partition coefficient (Wildman–Crippen LogP) is 4.79. The third-order valence-corrected chi connectivity index (χ3v) is 7.71. The molecular formula is C28H31N3O3S. The van der Waals surface area contributed by atoms with Gasteiger partial charge in [0.15, 0.2) is 0 Å². The standard InChI is InChI=1S/C28H31N3O3S/c1-2-33-28(32)24-11-7-13-29-27(24)31-16-14-30(15-17-31)18-19-34-26-22-9-4-3-8-21(22)20-35-25-12-6-5-10-23(25)26/h3-13,26H,2,14-20H2,1H3. The van der Waals surface area contributed by atoms with E-state index in [1.165, 1.54) is 21.6 Å². The number of esters is 1. The maximum atomic E-state index is 12.3. The molecule has 5 rings (SSSR count). The Bertz CT molecular complexity index is 1120. The second-order valence-corrected chi connectivity index (χ2v) is 9.72. The van der Waals surface area contributed by atoms with Crippen LogP contribution in [0.3, 0.4) is 0 Å². The summed E-state index contributed by atoms with van der Waals surface area (Å²) in [5.74, 6) is 1.37. The van der Waals surface area contributed by atoms with E-state index in [1.54, 1.807) is 18.3 Å². The minimum Gasteiger partial charge on any atom is -0.462 e. The molecule has 7 heteroatoms. The Kier molecular flexibility index (Phi) is 7.66. The molecule has 3 aromatic rings. The van der Waals surface area contributed by atoms with Gasteiger partial charge in [0, 0.05) is 49.6 Å². The molecule has 0 bridgehead atoms. The van der Waals surface area contributed by atoms with Crippen LogP contribution in [0.1, 0.15) is 40.1 Å². The lowest BCUT2D eigenvalue weighted by Crippen LogP contribution is -2.48. The van der Waals surface area contributed by atoms with Gasteiger partial charge in [0.1, 0.15) is 17.5 Å². The van der Waals surface area contributed by atoms with Crippen LogP contribution in [0.25, 0.3) is 0 Å². The smallest absolute Gasteiger partial charge is 0.341 e. The van der Waals surface area contributed by atoms with Crippen LogP contribution in [0.5, 0.6) is 0 Å². The molecule has 0 spiro atoms. The van der Waals surface area contributed by atoms with Gasteiger partial charge in [-0.1, -0.05) is 42.5 Å². The average Bonchev–Trinajstić information content (AvgIpc) is 3.06. The molecule has 1 atom stereocenters. The lowest BCUT2D eigenvalue weighted by molar-refractivity contribution is 0.0526. The first-order valence-corrected chi connectivity index (χ1v) is 13.2. The van der Waals surface area contributed by atoms with Crippen LogP contribution in [0.2, 0.25) is 0 Å². The zero-order valence-electron chi connectivity index (χ0n) is 20.1. The summed E-state index contributed by atoms with van der Waals surface area (Å²) in [5.41, 5.74) is 4.42. The van der Waals surface area contributed by atoms with E-state index in [-0.39, 0.29) is 12.1 Å². The SMILES string of the molecule is CCOC(=O)c1cccnc1N1CCN(CCOC2c3ccccc3CSc3ccccc32)CC1. The molecule has 0 saturated carbocycles. The molecule has 2 aliphatic heterocycles. The quantitative estimate of drug-likeness (QED) is 0.442. The van der Waals surface area contributed by atoms with E-state index in [4.69, 9.17) is 9.47 Å². The molecule has 3 heterocycles. The van der Waals surface area contributed by atoms with E-state index in [1.807, 2.05) is 18.7 Å². The molecule has 0 aliphatic carbocycles. The number of thioether (sulfide) groups is 1. The van der Waals surface area contributed by atoms with Crippen molar-refractivity contribution in [1.82, 2.24) is 9.88 Å². The first-order chi connectivity index (χ1) is 17.2. The number of hydrogen-bond donors (Lipinski definition) is 0. The van der Waals surface area contributed by atoms with Gasteiger partial charge >= 0.3 is 5.97 Å². The third kappa shape index (κ3) is 5.37. The molecule has 2 aromatic carbocycles. The fraction of sp³-hybridized carbons (Fsp3) is 0.357. The number of piperazine rings is 1. The predicted molar refractivity (Wildman–Crippen MR) is 139 cm³/mol. The van der Waals surface area contributed by atoms with Crippen molar-refractivity contribution in [2.24, 2.45) is 0 Å². The molecule has 35 heavy (non-hydrogen) atoms. The summed E-state index contributed by atoms with van der Waals surface area (Å²) in [6.07, 6.45) is 1.69. The van der Waals surface area contributed by atoms with Gasteiger partial charge in [-0.25, -0.2) is 9.78 Å². The van der Waals surface area contributed by atoms with Crippen molar-refractivity contribution in [1.29, 1.82) is 0 Å². The van der Waals surface area contributed by atoms with Crippen LogP contribution in [0.15, 0.2) is 71.8 Å². The van der Waals surface area contributed by atoms with Crippen molar-refractivity contribution in [3.63, 3.8) is 0 Å². The number of fused-ring (bicyclic) bond motifs is 2. The monoisotopic (exact) mass is 489 g/mol. The number of anilines is 1. The molecule has 0 N–H and O–H groups in total. The summed E-state index contributed by atoms with van der Waals surface area (Å²) in [4.78, 5) is 22.7. The molecule has 1 aromatic heterocycles. The minimum atomic E-state index is -0.312. The van der Waals surface area contributed by atoms with Crippen LogP contribution in [-0.2, 0) is 15.2 Å². The van der Waals surface area contributed by atoms with E-state index in [0.29, 0.717) is 24.6 Å². The second kappa shape index (κ2) is 11.2. The molecule has 182 valence electrons. The minimum absolute atomic E-state index is 0.0423. The highest BCUT2D eigenvalue weighted by atomic mass is 32.2. The Labute approximate surface area is 211 Å². The summed E-state index contributed by atoms with van der Waals surface area (Å²) in [5, 5.41) is 0. The molecule has 1 unspecified atom stereocenters. The topological polar surface area (TPSA) is 54.9 Å². The number of carbonyl (C=O) groups is 1. The van der Waals surface area contributed by atoms with Crippen LogP contribution < -0.4 is 4.90 Å². The zero-order chi connectivity index (χ0) is 24.0. The normalized spacial score (nSPS) is 17.9. The summed E-state index contributed by atoms with van der Waals surface area (Å²) in [7, 11) is 0. The fourth-order valence-corrected chi connectivity index (χ4v) is 5.84. The van der Waals surface area contributed by atoms with E-state index >= 15 is 0 Å². The molecule has 0 amide bonds. The van der Waals surface area contributed by atoms with Crippen LogP contribution >= 0.6 is 11.8 Å². The maximum Gasteiger partial charge on any atom is 0.341 e. The molecule has 1 fully saturated rings. The third-order valence-electron chi connectivity index (χ3n) is 6.57. The molecule has 2 aliphatic rings. The van der Waals surface area contributed by atoms with E-state index < -0.39 is 0 Å². The molecule has 6 nitrogen and oxygen atoms in total.